The highest BCUT2D eigenvalue weighted by Gasteiger charge is 2.26. The van der Waals surface area contributed by atoms with Crippen LogP contribution >= 0.6 is 0 Å². The van der Waals surface area contributed by atoms with Crippen molar-refractivity contribution in [2.45, 2.75) is 6.92 Å². The van der Waals surface area contributed by atoms with Gasteiger partial charge in [0.05, 0.1) is 4.92 Å². The van der Waals surface area contributed by atoms with Crippen LogP contribution in [0.1, 0.15) is 5.56 Å². The highest BCUT2D eigenvalue weighted by molar-refractivity contribution is 5.81. The van der Waals surface area contributed by atoms with E-state index in [1.54, 1.807) is 13.0 Å². The van der Waals surface area contributed by atoms with Gasteiger partial charge in [-0.25, -0.2) is 0 Å². The van der Waals surface area contributed by atoms with Gasteiger partial charge >= 0.3 is 0 Å². The zero-order valence-corrected chi connectivity index (χ0v) is 7.31. The summed E-state index contributed by atoms with van der Waals surface area (Å²) in [7, 11) is 0. The average Bonchev–Trinajstić information content (AvgIpc) is 2.47. The van der Waals surface area contributed by atoms with Crippen molar-refractivity contribution in [3.05, 3.63) is 27.8 Å². The number of nitro groups is 1. The first-order valence-electron chi connectivity index (χ1n) is 3.89. The van der Waals surface area contributed by atoms with Crippen molar-refractivity contribution in [2.24, 2.45) is 0 Å². The molecular weight excluding hydrogens is 188 g/mol. The Morgan fingerprint density at radius 3 is 2.93 bits per heavy atom. The molecular formula is C7H8N4O3. The second kappa shape index (κ2) is 2.82. The van der Waals surface area contributed by atoms with Crippen LogP contribution in [0, 0.1) is 17.0 Å². The minimum Gasteiger partial charge on any atom is -0.294 e. The number of hydrogen-bond acceptors (Lipinski definition) is 6. The van der Waals surface area contributed by atoms with Gasteiger partial charge in [-0.1, -0.05) is 0 Å². The molecule has 14 heavy (non-hydrogen) atoms. The number of aryl methyl sites for hydroxylation is 1. The molecule has 0 atom stereocenters. The van der Waals surface area contributed by atoms with Crippen molar-refractivity contribution in [1.29, 1.82) is 0 Å². The van der Waals surface area contributed by atoms with Crippen molar-refractivity contribution in [3.8, 4) is 0 Å². The van der Waals surface area contributed by atoms with Crippen LogP contribution in [0.15, 0.2) is 12.1 Å². The summed E-state index contributed by atoms with van der Waals surface area (Å²) in [5, 5.41) is 20.6. The highest BCUT2D eigenvalue weighted by Crippen LogP contribution is 2.37. The maximum Gasteiger partial charge on any atom is 0.296 e. The molecule has 3 N–H and O–H groups in total. The number of nitrogens with zero attached hydrogens (tertiary/aromatic N) is 2. The number of hydrazine groups is 2. The van der Waals surface area contributed by atoms with E-state index < -0.39 is 4.92 Å². The Labute approximate surface area is 79.0 Å². The van der Waals surface area contributed by atoms with Crippen molar-refractivity contribution in [2.75, 3.05) is 10.6 Å². The summed E-state index contributed by atoms with van der Waals surface area (Å²) in [5.74, 6) is 0. The lowest BCUT2D eigenvalue weighted by molar-refractivity contribution is -0.383. The molecule has 1 aromatic rings. The third-order valence-electron chi connectivity index (χ3n) is 1.95. The van der Waals surface area contributed by atoms with Crippen LogP contribution in [-0.2, 0) is 0 Å². The molecule has 1 heterocycles. The molecule has 7 heteroatoms. The molecule has 1 aromatic carbocycles. The molecule has 0 saturated heterocycles. The van der Waals surface area contributed by atoms with Crippen LogP contribution < -0.4 is 16.1 Å². The average molecular weight is 196 g/mol. The van der Waals surface area contributed by atoms with E-state index in [4.69, 9.17) is 0 Å². The van der Waals surface area contributed by atoms with Gasteiger partial charge in [-0.3, -0.25) is 20.7 Å². The zero-order chi connectivity index (χ0) is 10.3. The Hall–Kier alpha value is -1.86. The molecule has 0 spiro atoms. The van der Waals surface area contributed by atoms with Gasteiger partial charge in [-0.2, -0.15) is 5.17 Å². The summed E-state index contributed by atoms with van der Waals surface area (Å²) in [5.41, 5.74) is 6.11. The van der Waals surface area contributed by atoms with Gasteiger partial charge in [-0.05, 0) is 18.6 Å². The van der Waals surface area contributed by atoms with Crippen LogP contribution in [0.3, 0.4) is 0 Å². The number of fused-ring (bicyclic) bond motifs is 1. The van der Waals surface area contributed by atoms with E-state index in [9.17, 15) is 15.3 Å². The second-order valence-corrected chi connectivity index (χ2v) is 2.98. The predicted molar refractivity (Wildman–Crippen MR) is 48.9 cm³/mol. The van der Waals surface area contributed by atoms with E-state index in [1.165, 1.54) is 6.07 Å². The summed E-state index contributed by atoms with van der Waals surface area (Å²) in [6.45, 7) is 1.72. The Balaban J connectivity index is 2.63. The van der Waals surface area contributed by atoms with Crippen molar-refractivity contribution in [1.82, 2.24) is 5.53 Å². The van der Waals surface area contributed by atoms with E-state index in [1.807, 2.05) is 0 Å². The predicted octanol–water partition coefficient (Wildman–Crippen LogP) is 0.944. The summed E-state index contributed by atoms with van der Waals surface area (Å²) >= 11 is 0. The lowest BCUT2D eigenvalue weighted by Gasteiger charge is -2.06. The van der Waals surface area contributed by atoms with Crippen molar-refractivity contribution >= 4 is 17.1 Å². The van der Waals surface area contributed by atoms with E-state index >= 15 is 0 Å². The van der Waals surface area contributed by atoms with Crippen molar-refractivity contribution in [3.63, 3.8) is 0 Å². The van der Waals surface area contributed by atoms with Gasteiger partial charge < -0.3 is 0 Å². The first-order chi connectivity index (χ1) is 6.59. The van der Waals surface area contributed by atoms with Crippen LogP contribution in [0.5, 0.6) is 0 Å². The Bertz CT molecular complexity index is 406. The number of benzene rings is 1. The second-order valence-electron chi connectivity index (χ2n) is 2.98. The molecule has 0 saturated carbocycles. The van der Waals surface area contributed by atoms with Crippen LogP contribution in [0.25, 0.3) is 0 Å². The normalized spacial score (nSPS) is 13.7. The molecule has 0 aliphatic carbocycles. The third-order valence-corrected chi connectivity index (χ3v) is 1.95. The summed E-state index contributed by atoms with van der Waals surface area (Å²) in [4.78, 5) is 10.2. The molecule has 1 aliphatic heterocycles. The third kappa shape index (κ3) is 1.15. The fourth-order valence-electron chi connectivity index (χ4n) is 1.36. The number of anilines is 2. The lowest BCUT2D eigenvalue weighted by atomic mass is 10.1. The standard InChI is InChI=1S/C7H8N4O3/c1-4-2-5-7(8-9-10(5)12)6(3-4)11(13)14/h2-3,8-9,12H,1H3. The maximum absolute atomic E-state index is 10.7. The van der Waals surface area contributed by atoms with Gasteiger partial charge in [0, 0.05) is 6.07 Å². The topological polar surface area (TPSA) is 90.7 Å². The van der Waals surface area contributed by atoms with Gasteiger partial charge in [0.1, 0.15) is 5.69 Å². The maximum atomic E-state index is 10.7. The Morgan fingerprint density at radius 1 is 1.57 bits per heavy atom. The molecule has 0 amide bonds. The molecule has 74 valence electrons. The van der Waals surface area contributed by atoms with Gasteiger partial charge in [0.2, 0.25) is 0 Å². The van der Waals surface area contributed by atoms with E-state index in [0.29, 0.717) is 16.4 Å². The fourth-order valence-corrected chi connectivity index (χ4v) is 1.36. The van der Waals surface area contributed by atoms with E-state index in [0.717, 1.165) is 0 Å². The van der Waals surface area contributed by atoms with E-state index in [-0.39, 0.29) is 11.4 Å². The first-order valence-corrected chi connectivity index (χ1v) is 3.89. The number of hydrogen-bond donors (Lipinski definition) is 3. The molecule has 0 bridgehead atoms. The SMILES string of the molecule is Cc1cc2c(c([N+](=O)[O-])c1)NNN2O. The Morgan fingerprint density at radius 2 is 2.29 bits per heavy atom. The quantitative estimate of drug-likeness (QED) is 0.457. The first kappa shape index (κ1) is 8.73. The van der Waals surface area contributed by atoms with Crippen LogP contribution in [0.4, 0.5) is 17.1 Å². The number of nitro benzene ring substituents is 1. The summed E-state index contributed by atoms with van der Waals surface area (Å²) in [6, 6.07) is 3.07. The monoisotopic (exact) mass is 196 g/mol. The largest absolute Gasteiger partial charge is 0.296 e. The smallest absolute Gasteiger partial charge is 0.294 e. The Kier molecular flexibility index (Phi) is 1.76. The van der Waals surface area contributed by atoms with Gasteiger partial charge in [0.25, 0.3) is 5.69 Å². The lowest BCUT2D eigenvalue weighted by Crippen LogP contribution is -2.32. The number of rotatable bonds is 1. The molecule has 0 aromatic heterocycles. The van der Waals surface area contributed by atoms with Crippen LogP contribution in [-0.4, -0.2) is 10.1 Å². The molecule has 1 aliphatic rings. The fraction of sp³-hybridized carbons (Fsp3) is 0.143. The van der Waals surface area contributed by atoms with Gasteiger partial charge in [0.15, 0.2) is 5.69 Å². The molecule has 0 radical (unpaired) electrons. The molecule has 7 nitrogen and oxygen atoms in total. The highest BCUT2D eigenvalue weighted by atomic mass is 16.6. The van der Waals surface area contributed by atoms with Crippen molar-refractivity contribution < 1.29 is 10.1 Å². The minimum absolute atomic E-state index is 0.0657. The number of nitrogens with one attached hydrogen (secondary N) is 2. The zero-order valence-electron chi connectivity index (χ0n) is 7.31. The molecule has 2 rings (SSSR count). The van der Waals surface area contributed by atoms with E-state index in [2.05, 4.69) is 11.0 Å². The minimum atomic E-state index is -0.500. The molecule has 0 unspecified atom stereocenters. The van der Waals surface area contributed by atoms with Gasteiger partial charge in [-0.15, -0.1) is 5.53 Å². The van der Waals surface area contributed by atoms with Crippen LogP contribution in [0.2, 0.25) is 0 Å². The summed E-state index contributed by atoms with van der Waals surface area (Å²) < 4.78 is 0. The molecule has 0 fully saturated rings. The summed E-state index contributed by atoms with van der Waals surface area (Å²) in [6.07, 6.45) is 0.